The molecule has 4 bridgehead atoms. The van der Waals surface area contributed by atoms with Crippen molar-refractivity contribution in [2.24, 2.45) is 28.9 Å². The lowest BCUT2D eigenvalue weighted by Crippen LogP contribution is -2.49. The molecular weight excluding hydrogens is 461 g/mol. The van der Waals surface area contributed by atoms with Crippen LogP contribution in [0.2, 0.25) is 0 Å². The average Bonchev–Trinajstić information content (AvgIpc) is 2.78. The largest absolute Gasteiger partial charge is 0.328 e. The first kappa shape index (κ1) is 34.0. The summed E-state index contributed by atoms with van der Waals surface area (Å²) in [5, 5.41) is 0. The third-order valence-corrected chi connectivity index (χ3v) is 10.8. The van der Waals surface area contributed by atoms with Crippen LogP contribution in [0.15, 0.2) is 0 Å². The van der Waals surface area contributed by atoms with Crippen molar-refractivity contribution in [1.29, 1.82) is 0 Å². The number of hydrogen-bond acceptors (Lipinski definition) is 1. The highest BCUT2D eigenvalue weighted by Gasteiger charge is 2.49. The summed E-state index contributed by atoms with van der Waals surface area (Å²) in [7, 11) is 1.32. The minimum atomic E-state index is 0.384. The molecule has 5 atom stereocenters. The minimum absolute atomic E-state index is 0.384. The van der Waals surface area contributed by atoms with Gasteiger partial charge >= 0.3 is 0 Å². The van der Waals surface area contributed by atoms with Gasteiger partial charge in [0.2, 0.25) is 0 Å². The molecule has 2 N–H and O–H groups in total. The fraction of sp³-hybridized carbons (Fsp3) is 1.00. The van der Waals surface area contributed by atoms with E-state index in [0.29, 0.717) is 6.04 Å². The zero-order valence-corrected chi connectivity index (χ0v) is 25.9. The standard InChI is InChI=1S/C10H17Br.C8H15P.C4H11N.3C2H6/c1-7-2-8-4-9(3-7)6-10(11)5-8;1-8(2)6-4-3-5-7(8)9-6;1-3-4(2)5;3*1-2/h7-10H,2-6H2,1H3;6-7,9H,3-5H2,1-2H3;4H,3,5H2,1-2H3;3*1-2H3. The average molecular weight is 523 g/mol. The Kier molecular flexibility index (Phi) is 21.1. The molecule has 1 nitrogen and oxygen atoms in total. The molecule has 0 aromatic rings. The summed E-state index contributed by atoms with van der Waals surface area (Å²) in [4.78, 5) is 0.846. The van der Waals surface area contributed by atoms with Crippen molar-refractivity contribution in [2.45, 2.75) is 156 Å². The van der Waals surface area contributed by atoms with Gasteiger partial charge in [0, 0.05) is 10.9 Å². The van der Waals surface area contributed by atoms with Crippen LogP contribution < -0.4 is 5.73 Å². The van der Waals surface area contributed by atoms with Crippen LogP contribution in [0.5, 0.6) is 0 Å². The molecule has 5 unspecified atom stereocenters. The van der Waals surface area contributed by atoms with Crippen LogP contribution in [0.25, 0.3) is 0 Å². The molecule has 3 saturated carbocycles. The van der Waals surface area contributed by atoms with Crippen molar-refractivity contribution in [1.82, 2.24) is 0 Å². The van der Waals surface area contributed by atoms with Gasteiger partial charge in [-0.3, -0.25) is 0 Å². The van der Waals surface area contributed by atoms with Gasteiger partial charge in [-0.15, -0.1) is 8.58 Å². The molecule has 5 aliphatic rings. The van der Waals surface area contributed by atoms with Crippen molar-refractivity contribution in [3.8, 4) is 0 Å². The zero-order chi connectivity index (χ0) is 24.6. The summed E-state index contributed by atoms with van der Waals surface area (Å²) < 4.78 is 0. The third kappa shape index (κ3) is 12.8. The lowest BCUT2D eigenvalue weighted by atomic mass is 9.68. The fourth-order valence-electron chi connectivity index (χ4n) is 5.36. The molecular formula is C28H61BrNP. The van der Waals surface area contributed by atoms with E-state index in [1.807, 2.05) is 48.5 Å². The predicted molar refractivity (Wildman–Crippen MR) is 153 cm³/mol. The smallest absolute Gasteiger partial charge is 0.0151 e. The lowest BCUT2D eigenvalue weighted by Gasteiger charge is -2.56. The maximum atomic E-state index is 5.29. The molecule has 0 amide bonds. The summed E-state index contributed by atoms with van der Waals surface area (Å²) in [6, 6.07) is 0.384. The minimum Gasteiger partial charge on any atom is -0.328 e. The molecule has 2 saturated heterocycles. The van der Waals surface area contributed by atoms with E-state index < -0.39 is 0 Å². The van der Waals surface area contributed by atoms with E-state index in [-0.39, 0.29) is 0 Å². The van der Waals surface area contributed by atoms with Gasteiger partial charge in [-0.05, 0) is 92.8 Å². The molecule has 0 aromatic carbocycles. The van der Waals surface area contributed by atoms with Gasteiger partial charge in [0.1, 0.15) is 0 Å². The number of nitrogens with two attached hydrogens (primary N) is 1. The Morgan fingerprint density at radius 1 is 0.871 bits per heavy atom. The summed E-state index contributed by atoms with van der Waals surface area (Å²) in [5.74, 6) is 3.13. The van der Waals surface area contributed by atoms with Crippen LogP contribution in [-0.2, 0) is 0 Å². The summed E-state index contributed by atoms with van der Waals surface area (Å²) in [6.45, 7) is 23.4. The second kappa shape index (κ2) is 19.2. The Labute approximate surface area is 209 Å². The first-order valence-corrected chi connectivity index (χ1v) is 15.9. The van der Waals surface area contributed by atoms with E-state index in [0.717, 1.165) is 45.7 Å². The van der Waals surface area contributed by atoms with Gasteiger partial charge in [-0.2, -0.15) is 0 Å². The van der Waals surface area contributed by atoms with Crippen LogP contribution in [0, 0.1) is 23.2 Å². The highest BCUT2D eigenvalue weighted by Crippen LogP contribution is 2.63. The molecule has 5 fully saturated rings. The van der Waals surface area contributed by atoms with E-state index in [9.17, 15) is 0 Å². The van der Waals surface area contributed by atoms with E-state index in [4.69, 9.17) is 5.73 Å². The fourth-order valence-corrected chi connectivity index (χ4v) is 8.63. The van der Waals surface area contributed by atoms with Gasteiger partial charge in [0.25, 0.3) is 0 Å². The third-order valence-electron chi connectivity index (χ3n) is 7.14. The van der Waals surface area contributed by atoms with Gasteiger partial charge in [-0.25, -0.2) is 0 Å². The number of rotatable bonds is 1. The molecule has 2 aliphatic heterocycles. The Morgan fingerprint density at radius 2 is 1.26 bits per heavy atom. The zero-order valence-electron chi connectivity index (χ0n) is 23.4. The maximum absolute atomic E-state index is 5.29. The first-order valence-electron chi connectivity index (χ1n) is 13.9. The maximum Gasteiger partial charge on any atom is 0.0151 e. The Morgan fingerprint density at radius 3 is 1.52 bits per heavy atom. The van der Waals surface area contributed by atoms with Gasteiger partial charge < -0.3 is 5.73 Å². The number of hydrogen-bond donors (Lipinski definition) is 1. The Balaban J connectivity index is 0. The van der Waals surface area contributed by atoms with Crippen LogP contribution in [-0.4, -0.2) is 22.2 Å². The van der Waals surface area contributed by atoms with E-state index >= 15 is 0 Å². The second-order valence-electron chi connectivity index (χ2n) is 10.0. The Bertz CT molecular complexity index is 349. The molecule has 31 heavy (non-hydrogen) atoms. The molecule has 2 heterocycles. The van der Waals surface area contributed by atoms with Gasteiger partial charge in [0.05, 0.1) is 0 Å². The van der Waals surface area contributed by atoms with Crippen molar-refractivity contribution in [3.63, 3.8) is 0 Å². The topological polar surface area (TPSA) is 26.0 Å². The lowest BCUT2D eigenvalue weighted by molar-refractivity contribution is 0.152. The van der Waals surface area contributed by atoms with Gasteiger partial charge in [-0.1, -0.05) is 91.6 Å². The second-order valence-corrected chi connectivity index (χ2v) is 13.0. The molecule has 3 aliphatic carbocycles. The quantitative estimate of drug-likeness (QED) is 0.269. The van der Waals surface area contributed by atoms with Crippen LogP contribution in [0.4, 0.5) is 0 Å². The molecule has 0 aromatic heterocycles. The monoisotopic (exact) mass is 521 g/mol. The number of halogens is 1. The van der Waals surface area contributed by atoms with Crippen LogP contribution >= 0.6 is 24.5 Å². The first-order chi connectivity index (χ1) is 14.7. The highest BCUT2D eigenvalue weighted by atomic mass is 79.9. The molecule has 3 heteroatoms. The van der Waals surface area contributed by atoms with E-state index in [1.54, 1.807) is 0 Å². The summed E-state index contributed by atoms with van der Waals surface area (Å²) in [6.07, 6.45) is 13.1. The van der Waals surface area contributed by atoms with Crippen molar-refractivity contribution in [2.75, 3.05) is 0 Å². The van der Waals surface area contributed by atoms with Crippen LogP contribution in [0.1, 0.15) is 134 Å². The predicted octanol–water partition coefficient (Wildman–Crippen LogP) is 10.0. The number of fused-ring (bicyclic) bond motifs is 4. The van der Waals surface area contributed by atoms with Crippen molar-refractivity contribution in [3.05, 3.63) is 0 Å². The summed E-state index contributed by atoms with van der Waals surface area (Å²) in [5.41, 5.74) is 8.28. The molecule has 190 valence electrons. The summed E-state index contributed by atoms with van der Waals surface area (Å²) >= 11 is 3.76. The Hall–Kier alpha value is 0.870. The highest BCUT2D eigenvalue weighted by molar-refractivity contribution is 9.09. The molecule has 0 radical (unpaired) electrons. The van der Waals surface area contributed by atoms with E-state index in [1.165, 1.54) is 59.9 Å². The molecule has 0 spiro atoms. The van der Waals surface area contributed by atoms with Crippen molar-refractivity contribution >= 4 is 24.5 Å². The van der Waals surface area contributed by atoms with Crippen LogP contribution in [0.3, 0.4) is 0 Å². The SMILES string of the molecule is CC.CC.CC.CC1(C)C2CCCC1P2.CC1CC2CC(Br)CC(C1)C2.CCC(C)N. The normalized spacial score (nSPS) is 35.1. The molecule has 5 rings (SSSR count). The van der Waals surface area contributed by atoms with E-state index in [2.05, 4.69) is 43.6 Å². The van der Waals surface area contributed by atoms with Crippen molar-refractivity contribution < 1.29 is 0 Å². The number of alkyl halides is 1. The van der Waals surface area contributed by atoms with Gasteiger partial charge in [0.15, 0.2) is 0 Å².